The summed E-state index contributed by atoms with van der Waals surface area (Å²) in [5.41, 5.74) is 1.11. The molecule has 0 saturated carbocycles. The van der Waals surface area contributed by atoms with Gasteiger partial charge in [-0.2, -0.15) is 5.26 Å². The van der Waals surface area contributed by atoms with Crippen molar-refractivity contribution in [2.45, 2.75) is 0 Å². The van der Waals surface area contributed by atoms with Crippen LogP contribution in [0, 0.1) is 21.4 Å². The van der Waals surface area contributed by atoms with Gasteiger partial charge < -0.3 is 9.84 Å². The number of allylic oxidation sites excluding steroid dienone is 1. The number of hydrogen-bond donors (Lipinski definition) is 1. The first kappa shape index (κ1) is 16.5. The van der Waals surface area contributed by atoms with E-state index in [1.165, 1.54) is 37.5 Å². The lowest BCUT2D eigenvalue weighted by Gasteiger charge is -2.08. The number of rotatable bonds is 4. The SMILES string of the molecule is COc1cc(Br)cc(/C=C(\C#N)c2ccc([N+](=O)[O-])cc2)c1O. The summed E-state index contributed by atoms with van der Waals surface area (Å²) in [5, 5.41) is 30.1. The van der Waals surface area contributed by atoms with E-state index in [2.05, 4.69) is 15.9 Å². The van der Waals surface area contributed by atoms with Crippen LogP contribution in [-0.4, -0.2) is 17.1 Å². The van der Waals surface area contributed by atoms with Gasteiger partial charge in [-0.15, -0.1) is 0 Å². The van der Waals surface area contributed by atoms with Crippen molar-refractivity contribution >= 4 is 33.3 Å². The lowest BCUT2D eigenvalue weighted by atomic mass is 10.0. The molecule has 116 valence electrons. The standard InChI is InChI=1S/C16H11BrN2O4/c1-23-15-8-13(17)7-11(16(15)20)6-12(9-18)10-2-4-14(5-3-10)19(21)22/h2-8,20H,1H3/b12-6+. The first-order valence-electron chi connectivity index (χ1n) is 6.39. The van der Waals surface area contributed by atoms with Gasteiger partial charge in [0.2, 0.25) is 0 Å². The van der Waals surface area contributed by atoms with Crippen LogP contribution in [0.5, 0.6) is 11.5 Å². The predicted octanol–water partition coefficient (Wildman–Crippen LogP) is 4.14. The Morgan fingerprint density at radius 1 is 1.39 bits per heavy atom. The number of benzene rings is 2. The molecule has 0 aliphatic carbocycles. The molecule has 0 aliphatic rings. The highest BCUT2D eigenvalue weighted by atomic mass is 79.9. The number of nitro benzene ring substituents is 1. The summed E-state index contributed by atoms with van der Waals surface area (Å²) < 4.78 is 5.74. The summed E-state index contributed by atoms with van der Waals surface area (Å²) in [6.45, 7) is 0. The van der Waals surface area contributed by atoms with E-state index in [0.717, 1.165) is 0 Å². The third-order valence-electron chi connectivity index (χ3n) is 3.10. The number of phenols is 1. The van der Waals surface area contributed by atoms with E-state index >= 15 is 0 Å². The van der Waals surface area contributed by atoms with Crippen molar-refractivity contribution in [1.82, 2.24) is 0 Å². The third kappa shape index (κ3) is 3.67. The second-order valence-corrected chi connectivity index (χ2v) is 5.44. The second-order valence-electron chi connectivity index (χ2n) is 4.52. The zero-order chi connectivity index (χ0) is 17.0. The molecule has 0 fully saturated rings. The molecule has 0 radical (unpaired) electrons. The van der Waals surface area contributed by atoms with Gasteiger partial charge >= 0.3 is 0 Å². The molecule has 0 spiro atoms. The van der Waals surface area contributed by atoms with Crippen LogP contribution in [0.15, 0.2) is 40.9 Å². The number of non-ortho nitro benzene ring substituents is 1. The van der Waals surface area contributed by atoms with Gasteiger partial charge in [0.25, 0.3) is 5.69 Å². The first-order valence-corrected chi connectivity index (χ1v) is 7.18. The summed E-state index contributed by atoms with van der Waals surface area (Å²) >= 11 is 3.30. The molecule has 0 amide bonds. The molecule has 7 heteroatoms. The van der Waals surface area contributed by atoms with Gasteiger partial charge in [-0.1, -0.05) is 15.9 Å². The number of aromatic hydroxyl groups is 1. The summed E-state index contributed by atoms with van der Waals surface area (Å²) in [6.07, 6.45) is 1.49. The minimum Gasteiger partial charge on any atom is -0.504 e. The maximum atomic E-state index is 10.7. The molecule has 0 heterocycles. The van der Waals surface area contributed by atoms with Crippen molar-refractivity contribution in [3.63, 3.8) is 0 Å². The monoisotopic (exact) mass is 374 g/mol. The van der Waals surface area contributed by atoms with Gasteiger partial charge in [0, 0.05) is 22.2 Å². The van der Waals surface area contributed by atoms with Gasteiger partial charge in [-0.25, -0.2) is 0 Å². The molecular formula is C16H11BrN2O4. The number of nitriles is 1. The van der Waals surface area contributed by atoms with Gasteiger partial charge in [0.05, 0.1) is 23.7 Å². The van der Waals surface area contributed by atoms with Crippen LogP contribution in [0.1, 0.15) is 11.1 Å². The average molecular weight is 375 g/mol. The Bertz CT molecular complexity index is 823. The van der Waals surface area contributed by atoms with Gasteiger partial charge in [-0.3, -0.25) is 10.1 Å². The molecule has 0 aliphatic heterocycles. The Balaban J connectivity index is 2.49. The van der Waals surface area contributed by atoms with Crippen LogP contribution in [0.25, 0.3) is 11.6 Å². The van der Waals surface area contributed by atoms with Crippen LogP contribution < -0.4 is 4.74 Å². The van der Waals surface area contributed by atoms with Crippen molar-refractivity contribution < 1.29 is 14.8 Å². The van der Waals surface area contributed by atoms with Gasteiger partial charge in [-0.05, 0) is 35.9 Å². The minimum absolute atomic E-state index is 0.0574. The molecular weight excluding hydrogens is 364 g/mol. The predicted molar refractivity (Wildman–Crippen MR) is 88.9 cm³/mol. The maximum absolute atomic E-state index is 10.7. The molecule has 2 rings (SSSR count). The van der Waals surface area contributed by atoms with Crippen LogP contribution in [-0.2, 0) is 0 Å². The number of halogens is 1. The third-order valence-corrected chi connectivity index (χ3v) is 3.56. The zero-order valence-electron chi connectivity index (χ0n) is 12.0. The highest BCUT2D eigenvalue weighted by Gasteiger charge is 2.11. The summed E-state index contributed by atoms with van der Waals surface area (Å²) in [7, 11) is 1.43. The minimum atomic E-state index is -0.509. The van der Waals surface area contributed by atoms with E-state index in [-0.39, 0.29) is 22.8 Å². The number of methoxy groups -OCH3 is 1. The molecule has 6 nitrogen and oxygen atoms in total. The fourth-order valence-corrected chi connectivity index (χ4v) is 2.41. The van der Waals surface area contributed by atoms with Crippen molar-refractivity contribution in [2.75, 3.05) is 7.11 Å². The largest absolute Gasteiger partial charge is 0.504 e. The molecule has 0 aromatic heterocycles. The van der Waals surface area contributed by atoms with Crippen molar-refractivity contribution in [3.8, 4) is 17.6 Å². The number of ether oxygens (including phenoxy) is 1. The lowest BCUT2D eigenvalue weighted by Crippen LogP contribution is -1.89. The normalized spacial score (nSPS) is 10.9. The first-order chi connectivity index (χ1) is 11.0. The number of phenolic OH excluding ortho intramolecular Hbond substituents is 1. The van der Waals surface area contributed by atoms with Crippen molar-refractivity contribution in [2.24, 2.45) is 0 Å². The molecule has 0 saturated heterocycles. The number of hydrogen-bond acceptors (Lipinski definition) is 5. The van der Waals surface area contributed by atoms with E-state index in [0.29, 0.717) is 15.6 Å². The van der Waals surface area contributed by atoms with E-state index in [9.17, 15) is 20.5 Å². The van der Waals surface area contributed by atoms with Crippen molar-refractivity contribution in [3.05, 3.63) is 62.1 Å². The Morgan fingerprint density at radius 2 is 2.04 bits per heavy atom. The van der Waals surface area contributed by atoms with Gasteiger partial charge in [0.15, 0.2) is 11.5 Å². The van der Waals surface area contributed by atoms with Crippen LogP contribution in [0.2, 0.25) is 0 Å². The molecule has 0 unspecified atom stereocenters. The van der Waals surface area contributed by atoms with E-state index in [1.54, 1.807) is 12.1 Å². The van der Waals surface area contributed by atoms with E-state index in [4.69, 9.17) is 4.74 Å². The number of nitrogens with zero attached hydrogens (tertiary/aromatic N) is 2. The number of nitro groups is 1. The van der Waals surface area contributed by atoms with Crippen LogP contribution >= 0.6 is 15.9 Å². The fourth-order valence-electron chi connectivity index (χ4n) is 1.96. The highest BCUT2D eigenvalue weighted by Crippen LogP contribution is 2.35. The zero-order valence-corrected chi connectivity index (χ0v) is 13.6. The topological polar surface area (TPSA) is 96.4 Å². The fraction of sp³-hybridized carbons (Fsp3) is 0.0625. The van der Waals surface area contributed by atoms with Crippen LogP contribution in [0.3, 0.4) is 0 Å². The van der Waals surface area contributed by atoms with E-state index in [1.807, 2.05) is 6.07 Å². The molecule has 0 bridgehead atoms. The lowest BCUT2D eigenvalue weighted by molar-refractivity contribution is -0.384. The molecule has 2 aromatic rings. The summed E-state index contributed by atoms with van der Waals surface area (Å²) in [5.74, 6) is 0.178. The van der Waals surface area contributed by atoms with Crippen molar-refractivity contribution in [1.29, 1.82) is 5.26 Å². The Hall–Kier alpha value is -2.85. The Kier molecular flexibility index (Phi) is 4.98. The maximum Gasteiger partial charge on any atom is 0.269 e. The highest BCUT2D eigenvalue weighted by molar-refractivity contribution is 9.10. The summed E-state index contributed by atoms with van der Waals surface area (Å²) in [4.78, 5) is 10.2. The molecule has 2 aromatic carbocycles. The van der Waals surface area contributed by atoms with E-state index < -0.39 is 4.92 Å². The second kappa shape index (κ2) is 6.94. The molecule has 1 N–H and O–H groups in total. The summed E-state index contributed by atoms with van der Waals surface area (Å²) in [6, 6.07) is 10.9. The smallest absolute Gasteiger partial charge is 0.269 e. The average Bonchev–Trinajstić information content (AvgIpc) is 2.55. The Labute approximate surface area is 140 Å². The molecule has 0 atom stereocenters. The molecule has 23 heavy (non-hydrogen) atoms. The van der Waals surface area contributed by atoms with Gasteiger partial charge in [0.1, 0.15) is 0 Å². The quantitative estimate of drug-likeness (QED) is 0.375. The Morgan fingerprint density at radius 3 is 2.57 bits per heavy atom. The van der Waals surface area contributed by atoms with Crippen LogP contribution in [0.4, 0.5) is 5.69 Å².